The summed E-state index contributed by atoms with van der Waals surface area (Å²) in [5, 5.41) is 0.798. The average molecular weight is 347 g/mol. The number of hydrogen-bond acceptors (Lipinski definition) is 3. The summed E-state index contributed by atoms with van der Waals surface area (Å²) in [5.74, 6) is 0.790. The van der Waals surface area contributed by atoms with Gasteiger partial charge < -0.3 is 10.5 Å². The third kappa shape index (κ3) is 2.69. The zero-order valence-electron chi connectivity index (χ0n) is 11.2. The van der Waals surface area contributed by atoms with E-state index in [2.05, 4.69) is 20.9 Å². The third-order valence-corrected chi connectivity index (χ3v) is 3.65. The van der Waals surface area contributed by atoms with Crippen LogP contribution in [0.5, 0.6) is 11.5 Å². The van der Waals surface area contributed by atoms with E-state index in [9.17, 15) is 4.39 Å². The minimum atomic E-state index is -0.266. The molecular formula is C16H12BrFN2O. The SMILES string of the molecule is Cc1cc(Oc2c(N)cnc3ccc(Br)cc23)ccc1F. The van der Waals surface area contributed by atoms with Crippen LogP contribution in [-0.4, -0.2) is 4.98 Å². The number of hydrogen-bond donors (Lipinski definition) is 1. The molecule has 3 aromatic rings. The first-order chi connectivity index (χ1) is 10.0. The molecule has 0 atom stereocenters. The number of rotatable bonds is 2. The molecule has 0 bridgehead atoms. The highest BCUT2D eigenvalue weighted by Gasteiger charge is 2.10. The molecule has 0 amide bonds. The quantitative estimate of drug-likeness (QED) is 0.723. The Balaban J connectivity index is 2.12. The smallest absolute Gasteiger partial charge is 0.161 e. The predicted molar refractivity (Wildman–Crippen MR) is 85.1 cm³/mol. The van der Waals surface area contributed by atoms with Crippen molar-refractivity contribution in [3.05, 3.63) is 58.4 Å². The fourth-order valence-corrected chi connectivity index (χ4v) is 2.43. The molecule has 1 aromatic heterocycles. The average Bonchev–Trinajstić information content (AvgIpc) is 2.46. The summed E-state index contributed by atoms with van der Waals surface area (Å²) in [4.78, 5) is 4.27. The van der Waals surface area contributed by atoms with E-state index in [0.29, 0.717) is 22.7 Å². The van der Waals surface area contributed by atoms with Crippen molar-refractivity contribution < 1.29 is 9.13 Å². The van der Waals surface area contributed by atoms with Gasteiger partial charge in [-0.1, -0.05) is 15.9 Å². The molecule has 0 spiro atoms. The van der Waals surface area contributed by atoms with Gasteiger partial charge in [0.15, 0.2) is 5.75 Å². The summed E-state index contributed by atoms with van der Waals surface area (Å²) in [6.07, 6.45) is 1.56. The van der Waals surface area contributed by atoms with E-state index in [-0.39, 0.29) is 5.82 Å². The van der Waals surface area contributed by atoms with Crippen molar-refractivity contribution in [3.63, 3.8) is 0 Å². The molecule has 21 heavy (non-hydrogen) atoms. The Bertz CT molecular complexity index is 831. The summed E-state index contributed by atoms with van der Waals surface area (Å²) >= 11 is 3.42. The number of fused-ring (bicyclic) bond motifs is 1. The maximum atomic E-state index is 13.3. The first-order valence-corrected chi connectivity index (χ1v) is 7.11. The van der Waals surface area contributed by atoms with Crippen LogP contribution in [-0.2, 0) is 0 Å². The van der Waals surface area contributed by atoms with Crippen LogP contribution in [0.15, 0.2) is 47.1 Å². The first-order valence-electron chi connectivity index (χ1n) is 6.32. The van der Waals surface area contributed by atoms with Crippen LogP contribution < -0.4 is 10.5 Å². The topological polar surface area (TPSA) is 48.1 Å². The normalized spacial score (nSPS) is 10.8. The number of aryl methyl sites for hydroxylation is 1. The Morgan fingerprint density at radius 1 is 1.19 bits per heavy atom. The van der Waals surface area contributed by atoms with Crippen LogP contribution in [0, 0.1) is 12.7 Å². The van der Waals surface area contributed by atoms with Gasteiger partial charge in [-0.15, -0.1) is 0 Å². The van der Waals surface area contributed by atoms with E-state index in [1.54, 1.807) is 25.3 Å². The molecule has 0 aliphatic rings. The maximum absolute atomic E-state index is 13.3. The Kier molecular flexibility index (Phi) is 3.51. The number of pyridine rings is 1. The van der Waals surface area contributed by atoms with Gasteiger partial charge in [0, 0.05) is 9.86 Å². The summed E-state index contributed by atoms with van der Waals surface area (Å²) in [6.45, 7) is 1.69. The van der Waals surface area contributed by atoms with E-state index in [0.717, 1.165) is 15.4 Å². The Morgan fingerprint density at radius 2 is 2.00 bits per heavy atom. The molecule has 3 rings (SSSR count). The number of nitrogens with zero attached hydrogens (tertiary/aromatic N) is 1. The number of ether oxygens (including phenoxy) is 1. The lowest BCUT2D eigenvalue weighted by atomic mass is 10.2. The van der Waals surface area contributed by atoms with Crippen LogP contribution in [0.1, 0.15) is 5.56 Å². The minimum Gasteiger partial charge on any atom is -0.454 e. The molecule has 3 nitrogen and oxygen atoms in total. The highest BCUT2D eigenvalue weighted by atomic mass is 79.9. The van der Waals surface area contributed by atoms with Gasteiger partial charge in [0.25, 0.3) is 0 Å². The molecule has 1 heterocycles. The van der Waals surface area contributed by atoms with Crippen molar-refractivity contribution in [2.24, 2.45) is 0 Å². The van der Waals surface area contributed by atoms with Crippen molar-refractivity contribution in [2.45, 2.75) is 6.92 Å². The molecular weight excluding hydrogens is 335 g/mol. The maximum Gasteiger partial charge on any atom is 0.161 e. The lowest BCUT2D eigenvalue weighted by Crippen LogP contribution is -1.96. The lowest BCUT2D eigenvalue weighted by molar-refractivity contribution is 0.487. The van der Waals surface area contributed by atoms with Gasteiger partial charge in [-0.05, 0) is 48.9 Å². The summed E-state index contributed by atoms with van der Waals surface area (Å²) in [5.41, 5.74) is 7.71. The van der Waals surface area contributed by atoms with Crippen LogP contribution >= 0.6 is 15.9 Å². The van der Waals surface area contributed by atoms with Gasteiger partial charge >= 0.3 is 0 Å². The monoisotopic (exact) mass is 346 g/mol. The van der Waals surface area contributed by atoms with Gasteiger partial charge in [-0.3, -0.25) is 4.98 Å². The highest BCUT2D eigenvalue weighted by molar-refractivity contribution is 9.10. The summed E-state index contributed by atoms with van der Waals surface area (Å²) in [7, 11) is 0. The fourth-order valence-electron chi connectivity index (χ4n) is 2.07. The largest absolute Gasteiger partial charge is 0.454 e. The number of aromatic nitrogens is 1. The second-order valence-corrected chi connectivity index (χ2v) is 5.63. The Labute approximate surface area is 129 Å². The zero-order valence-corrected chi connectivity index (χ0v) is 12.8. The van der Waals surface area contributed by atoms with Crippen LogP contribution in [0.2, 0.25) is 0 Å². The second kappa shape index (κ2) is 5.33. The number of halogens is 2. The number of nitrogens with two attached hydrogens (primary N) is 1. The second-order valence-electron chi connectivity index (χ2n) is 4.72. The molecule has 0 radical (unpaired) electrons. The Morgan fingerprint density at radius 3 is 2.76 bits per heavy atom. The number of benzene rings is 2. The van der Waals surface area contributed by atoms with Crippen molar-refractivity contribution in [2.75, 3.05) is 5.73 Å². The van der Waals surface area contributed by atoms with E-state index in [4.69, 9.17) is 10.5 Å². The predicted octanol–water partition coefficient (Wildman–Crippen LogP) is 4.82. The van der Waals surface area contributed by atoms with Crippen LogP contribution in [0.25, 0.3) is 10.9 Å². The third-order valence-electron chi connectivity index (χ3n) is 3.16. The van der Waals surface area contributed by atoms with Crippen molar-refractivity contribution in [1.29, 1.82) is 0 Å². The zero-order chi connectivity index (χ0) is 15.0. The van der Waals surface area contributed by atoms with Gasteiger partial charge in [-0.2, -0.15) is 0 Å². The lowest BCUT2D eigenvalue weighted by Gasteiger charge is -2.12. The van der Waals surface area contributed by atoms with E-state index in [1.807, 2.05) is 18.2 Å². The van der Waals surface area contributed by atoms with E-state index < -0.39 is 0 Å². The number of anilines is 1. The molecule has 2 aromatic carbocycles. The van der Waals surface area contributed by atoms with Gasteiger partial charge in [-0.25, -0.2) is 4.39 Å². The van der Waals surface area contributed by atoms with Gasteiger partial charge in [0.2, 0.25) is 0 Å². The summed E-state index contributed by atoms with van der Waals surface area (Å²) in [6, 6.07) is 10.3. The first kappa shape index (κ1) is 13.8. The fraction of sp³-hybridized carbons (Fsp3) is 0.0625. The standard InChI is InChI=1S/C16H12BrFN2O/c1-9-6-11(3-4-13(9)18)21-16-12-7-10(17)2-5-15(12)20-8-14(16)19/h2-8H,19H2,1H3. The molecule has 0 saturated carbocycles. The van der Waals surface area contributed by atoms with Crippen molar-refractivity contribution in [1.82, 2.24) is 4.98 Å². The Hall–Kier alpha value is -2.14. The molecule has 0 aliphatic carbocycles. The molecule has 0 fully saturated rings. The van der Waals surface area contributed by atoms with Crippen molar-refractivity contribution >= 4 is 32.5 Å². The van der Waals surface area contributed by atoms with Crippen LogP contribution in [0.3, 0.4) is 0 Å². The molecule has 2 N–H and O–H groups in total. The molecule has 106 valence electrons. The van der Waals surface area contributed by atoms with Gasteiger partial charge in [0.1, 0.15) is 11.6 Å². The molecule has 5 heteroatoms. The van der Waals surface area contributed by atoms with E-state index in [1.165, 1.54) is 6.07 Å². The van der Waals surface area contributed by atoms with Gasteiger partial charge in [0.05, 0.1) is 17.4 Å². The molecule has 0 saturated heterocycles. The molecule has 0 unspecified atom stereocenters. The molecule has 0 aliphatic heterocycles. The van der Waals surface area contributed by atoms with Crippen LogP contribution in [0.4, 0.5) is 10.1 Å². The minimum absolute atomic E-state index is 0.266. The summed E-state index contributed by atoms with van der Waals surface area (Å²) < 4.78 is 20.1. The van der Waals surface area contributed by atoms with E-state index >= 15 is 0 Å². The number of nitrogen functional groups attached to an aromatic ring is 1. The highest BCUT2D eigenvalue weighted by Crippen LogP contribution is 2.35. The van der Waals surface area contributed by atoms with Crippen molar-refractivity contribution in [3.8, 4) is 11.5 Å².